The van der Waals surface area contributed by atoms with Gasteiger partial charge in [0, 0.05) is 16.5 Å². The van der Waals surface area contributed by atoms with Gasteiger partial charge in [0.15, 0.2) is 5.60 Å². The van der Waals surface area contributed by atoms with E-state index >= 15 is 0 Å². The molecule has 1 aromatic carbocycles. The summed E-state index contributed by atoms with van der Waals surface area (Å²) in [5.74, 6) is 0.0793. The van der Waals surface area contributed by atoms with E-state index in [0.717, 1.165) is 34.2 Å². The Kier molecular flexibility index (Phi) is 4.02. The van der Waals surface area contributed by atoms with E-state index in [-0.39, 0.29) is 18.6 Å². The van der Waals surface area contributed by atoms with Crippen LogP contribution in [0.25, 0.3) is 22.3 Å². The number of nitrogens with zero attached hydrogens (tertiary/aromatic N) is 2. The zero-order valence-corrected chi connectivity index (χ0v) is 17.1. The standard InChI is InChI=1S/C23H22N2O5/c1-4-12-6-7-17-14(20(12)29-3)8-13-10-25-18(19(13)24-17)9-16-15(21(25)26)11-30-22(27)23(16,28)5-2/h6-9,28H,4-5,10-11H2,1-3H3/t23-/m0/s1. The van der Waals surface area contributed by atoms with Crippen LogP contribution in [-0.2, 0) is 34.7 Å². The summed E-state index contributed by atoms with van der Waals surface area (Å²) >= 11 is 0. The van der Waals surface area contributed by atoms with Gasteiger partial charge in [-0.2, -0.15) is 0 Å². The number of aliphatic hydroxyl groups is 1. The number of pyridine rings is 2. The van der Waals surface area contributed by atoms with E-state index in [2.05, 4.69) is 6.92 Å². The van der Waals surface area contributed by atoms with E-state index in [0.29, 0.717) is 29.1 Å². The van der Waals surface area contributed by atoms with Crippen LogP contribution >= 0.6 is 0 Å². The molecule has 154 valence electrons. The Morgan fingerprint density at radius 2 is 2.07 bits per heavy atom. The van der Waals surface area contributed by atoms with Gasteiger partial charge in [0.25, 0.3) is 5.56 Å². The van der Waals surface area contributed by atoms with Gasteiger partial charge in [0.05, 0.1) is 36.1 Å². The Morgan fingerprint density at radius 3 is 2.77 bits per heavy atom. The number of esters is 1. The lowest BCUT2D eigenvalue weighted by Crippen LogP contribution is -2.44. The third kappa shape index (κ3) is 2.32. The molecule has 0 fully saturated rings. The summed E-state index contributed by atoms with van der Waals surface area (Å²) in [5.41, 5.74) is 2.64. The summed E-state index contributed by atoms with van der Waals surface area (Å²) in [7, 11) is 1.65. The van der Waals surface area contributed by atoms with Crippen molar-refractivity contribution in [3.05, 3.63) is 56.9 Å². The minimum Gasteiger partial charge on any atom is -0.496 e. The number of aromatic nitrogens is 2. The number of hydrogen-bond donors (Lipinski definition) is 1. The van der Waals surface area contributed by atoms with Gasteiger partial charge in [-0.15, -0.1) is 0 Å². The number of methoxy groups -OCH3 is 1. The highest BCUT2D eigenvalue weighted by Crippen LogP contribution is 2.40. The number of carbonyl (C=O) groups is 1. The molecule has 1 N–H and O–H groups in total. The summed E-state index contributed by atoms with van der Waals surface area (Å²) in [6, 6.07) is 7.70. The number of aryl methyl sites for hydroxylation is 1. The van der Waals surface area contributed by atoms with Gasteiger partial charge in [-0.05, 0) is 36.6 Å². The first-order valence-electron chi connectivity index (χ1n) is 10.1. The highest BCUT2D eigenvalue weighted by molar-refractivity contribution is 5.90. The Hall–Kier alpha value is -3.19. The number of hydrogen-bond acceptors (Lipinski definition) is 6. The third-order valence-corrected chi connectivity index (χ3v) is 6.31. The normalized spacial score (nSPS) is 19.3. The van der Waals surface area contributed by atoms with Crippen molar-refractivity contribution >= 4 is 16.9 Å². The molecule has 0 unspecified atom stereocenters. The fourth-order valence-electron chi connectivity index (χ4n) is 4.59. The number of ether oxygens (including phenoxy) is 2. The van der Waals surface area contributed by atoms with Crippen LogP contribution in [-0.4, -0.2) is 27.7 Å². The minimum absolute atomic E-state index is 0.122. The van der Waals surface area contributed by atoms with Crippen LogP contribution in [0.1, 0.15) is 42.5 Å². The predicted octanol–water partition coefficient (Wildman–Crippen LogP) is 2.65. The summed E-state index contributed by atoms with van der Waals surface area (Å²) in [6.45, 7) is 4.01. The summed E-state index contributed by atoms with van der Waals surface area (Å²) < 4.78 is 12.4. The van der Waals surface area contributed by atoms with Gasteiger partial charge in [0.2, 0.25) is 0 Å². The van der Waals surface area contributed by atoms with Gasteiger partial charge in [-0.25, -0.2) is 9.78 Å². The fraction of sp³-hybridized carbons (Fsp3) is 0.348. The Balaban J connectivity index is 1.77. The summed E-state index contributed by atoms with van der Waals surface area (Å²) in [5, 5.41) is 11.8. The summed E-state index contributed by atoms with van der Waals surface area (Å²) in [6.07, 6.45) is 0.961. The topological polar surface area (TPSA) is 90.7 Å². The second-order valence-corrected chi connectivity index (χ2v) is 7.78. The first kappa shape index (κ1) is 18.8. The maximum Gasteiger partial charge on any atom is 0.343 e. The van der Waals surface area contributed by atoms with E-state index in [1.165, 1.54) is 0 Å². The summed E-state index contributed by atoms with van der Waals surface area (Å²) in [4.78, 5) is 30.3. The molecule has 1 atom stereocenters. The molecule has 0 aliphatic carbocycles. The monoisotopic (exact) mass is 406 g/mol. The van der Waals surface area contributed by atoms with Crippen LogP contribution in [0.5, 0.6) is 5.75 Å². The lowest BCUT2D eigenvalue weighted by Gasteiger charge is -2.31. The number of rotatable bonds is 3. The van der Waals surface area contributed by atoms with Gasteiger partial charge < -0.3 is 19.1 Å². The van der Waals surface area contributed by atoms with E-state index < -0.39 is 11.6 Å². The maximum absolute atomic E-state index is 13.2. The molecule has 5 rings (SSSR count). The van der Waals surface area contributed by atoms with E-state index in [9.17, 15) is 14.7 Å². The third-order valence-electron chi connectivity index (χ3n) is 6.31. The average molecular weight is 406 g/mol. The van der Waals surface area contributed by atoms with Gasteiger partial charge in [0.1, 0.15) is 12.4 Å². The average Bonchev–Trinajstić information content (AvgIpc) is 3.12. The van der Waals surface area contributed by atoms with Crippen LogP contribution in [0, 0.1) is 0 Å². The van der Waals surface area contributed by atoms with E-state index in [4.69, 9.17) is 14.5 Å². The molecule has 30 heavy (non-hydrogen) atoms. The van der Waals surface area contributed by atoms with E-state index in [1.807, 2.05) is 18.2 Å². The number of fused-ring (bicyclic) bond motifs is 5. The molecular weight excluding hydrogens is 384 g/mol. The molecule has 3 aromatic rings. The molecule has 2 aromatic heterocycles. The smallest absolute Gasteiger partial charge is 0.343 e. The van der Waals surface area contributed by atoms with Crippen molar-refractivity contribution in [3.8, 4) is 17.1 Å². The Bertz CT molecular complexity index is 1290. The molecule has 0 saturated heterocycles. The highest BCUT2D eigenvalue weighted by atomic mass is 16.6. The molecule has 7 heteroatoms. The lowest BCUT2D eigenvalue weighted by molar-refractivity contribution is -0.172. The van der Waals surface area contributed by atoms with Gasteiger partial charge in [-0.1, -0.05) is 19.9 Å². The van der Waals surface area contributed by atoms with E-state index in [1.54, 1.807) is 24.7 Å². The van der Waals surface area contributed by atoms with Gasteiger partial charge in [-0.3, -0.25) is 4.79 Å². The Labute approximate surface area is 172 Å². The second-order valence-electron chi connectivity index (χ2n) is 7.78. The first-order valence-corrected chi connectivity index (χ1v) is 10.1. The molecule has 0 saturated carbocycles. The lowest BCUT2D eigenvalue weighted by atomic mass is 9.86. The SMILES string of the molecule is CCc1ccc2nc3c(cc2c1OC)Cn1c-3cc2c(c1=O)COC(=O)[C@]2(O)CC. The zero-order chi connectivity index (χ0) is 21.2. The number of carbonyl (C=O) groups excluding carboxylic acids is 1. The highest BCUT2D eigenvalue weighted by Gasteiger charge is 2.45. The van der Waals surface area contributed by atoms with Crippen LogP contribution in [0.4, 0.5) is 0 Å². The van der Waals surface area contributed by atoms with Crippen LogP contribution in [0.2, 0.25) is 0 Å². The molecule has 7 nitrogen and oxygen atoms in total. The Morgan fingerprint density at radius 1 is 1.27 bits per heavy atom. The molecule has 2 aliphatic rings. The maximum atomic E-state index is 13.2. The second kappa shape index (κ2) is 6.40. The zero-order valence-electron chi connectivity index (χ0n) is 17.1. The largest absolute Gasteiger partial charge is 0.496 e. The predicted molar refractivity (Wildman–Crippen MR) is 110 cm³/mol. The van der Waals surface area contributed by atoms with Crippen molar-refractivity contribution < 1.29 is 19.4 Å². The molecule has 4 heterocycles. The molecule has 0 bridgehead atoms. The molecule has 0 spiro atoms. The van der Waals surface area contributed by atoms with Crippen molar-refractivity contribution in [1.82, 2.24) is 9.55 Å². The molecule has 0 radical (unpaired) electrons. The fourth-order valence-corrected chi connectivity index (χ4v) is 4.59. The van der Waals surface area contributed by atoms with Gasteiger partial charge >= 0.3 is 5.97 Å². The molecule has 2 aliphatic heterocycles. The van der Waals surface area contributed by atoms with Crippen molar-refractivity contribution in [2.45, 2.75) is 45.4 Å². The molecule has 0 amide bonds. The van der Waals surface area contributed by atoms with Crippen molar-refractivity contribution in [3.63, 3.8) is 0 Å². The number of cyclic esters (lactones) is 1. The van der Waals surface area contributed by atoms with Crippen LogP contribution in [0.3, 0.4) is 0 Å². The quantitative estimate of drug-likeness (QED) is 0.526. The van der Waals surface area contributed by atoms with Crippen molar-refractivity contribution in [2.75, 3.05) is 7.11 Å². The minimum atomic E-state index is -1.82. The molecular formula is C23H22N2O5. The first-order chi connectivity index (χ1) is 14.4. The van der Waals surface area contributed by atoms with Crippen molar-refractivity contribution in [2.24, 2.45) is 0 Å². The van der Waals surface area contributed by atoms with Crippen LogP contribution < -0.4 is 10.3 Å². The van der Waals surface area contributed by atoms with Crippen molar-refractivity contribution in [1.29, 1.82) is 0 Å². The number of benzene rings is 1. The van der Waals surface area contributed by atoms with Crippen LogP contribution in [0.15, 0.2) is 29.1 Å².